The Bertz CT molecular complexity index is 731. The van der Waals surface area contributed by atoms with Gasteiger partial charge in [-0.2, -0.15) is 0 Å². The number of hydrogen-bond donors (Lipinski definition) is 2. The van der Waals surface area contributed by atoms with Crippen molar-refractivity contribution in [2.75, 3.05) is 26.2 Å². The number of fused-ring (bicyclic) bond motifs is 2. The molecule has 0 radical (unpaired) electrons. The van der Waals surface area contributed by atoms with Crippen LogP contribution in [0.15, 0.2) is 10.3 Å². The molecule has 4 saturated carbocycles. The van der Waals surface area contributed by atoms with Crippen molar-refractivity contribution in [3.05, 3.63) is 0 Å². The Kier molecular flexibility index (Phi) is 4.30. The van der Waals surface area contributed by atoms with Crippen molar-refractivity contribution < 1.29 is 10.4 Å². The van der Waals surface area contributed by atoms with Crippen LogP contribution in [0.5, 0.6) is 0 Å². The molecule has 1 heterocycles. The van der Waals surface area contributed by atoms with E-state index in [2.05, 4.69) is 61.7 Å². The lowest BCUT2D eigenvalue weighted by atomic mass is 9.78. The van der Waals surface area contributed by atoms with E-state index in [1.54, 1.807) is 0 Å². The summed E-state index contributed by atoms with van der Waals surface area (Å²) in [7, 11) is 0. The van der Waals surface area contributed by atoms with Gasteiger partial charge in [0.05, 0.1) is 22.5 Å². The molecule has 6 heteroatoms. The first-order valence-corrected chi connectivity index (χ1v) is 11.9. The highest BCUT2D eigenvalue weighted by molar-refractivity contribution is 5.95. The first-order chi connectivity index (χ1) is 14.0. The number of piperazine rings is 1. The summed E-state index contributed by atoms with van der Waals surface area (Å²) in [5.74, 6) is 2.84. The number of hydrogen-bond acceptors (Lipinski definition) is 6. The van der Waals surface area contributed by atoms with Gasteiger partial charge in [0.15, 0.2) is 0 Å². The lowest BCUT2D eigenvalue weighted by Crippen LogP contribution is -2.65. The topological polar surface area (TPSA) is 71.7 Å². The zero-order valence-electron chi connectivity index (χ0n) is 19.6. The van der Waals surface area contributed by atoms with Gasteiger partial charge < -0.3 is 10.4 Å². The van der Waals surface area contributed by atoms with Crippen LogP contribution < -0.4 is 0 Å². The molecule has 0 aromatic rings. The molecular formula is C24H40N4O2. The third kappa shape index (κ3) is 2.62. The first kappa shape index (κ1) is 20.7. The first-order valence-electron chi connectivity index (χ1n) is 11.9. The summed E-state index contributed by atoms with van der Waals surface area (Å²) < 4.78 is 0. The van der Waals surface area contributed by atoms with Crippen molar-refractivity contribution in [2.24, 2.45) is 44.8 Å². The zero-order valence-corrected chi connectivity index (χ0v) is 19.6. The maximum atomic E-state index is 9.82. The summed E-state index contributed by atoms with van der Waals surface area (Å²) in [6.07, 6.45) is 4.06. The van der Waals surface area contributed by atoms with Gasteiger partial charge in [-0.15, -0.1) is 0 Å². The average Bonchev–Trinajstić information content (AvgIpc) is 3.46. The average molecular weight is 417 g/mol. The fourth-order valence-corrected chi connectivity index (χ4v) is 7.90. The Morgan fingerprint density at radius 2 is 0.967 bits per heavy atom. The van der Waals surface area contributed by atoms with Crippen molar-refractivity contribution >= 4 is 11.4 Å². The predicted molar refractivity (Wildman–Crippen MR) is 118 cm³/mol. The minimum absolute atomic E-state index is 0.138. The summed E-state index contributed by atoms with van der Waals surface area (Å²) in [4.78, 5) is 5.13. The molecule has 0 spiro atoms. The van der Waals surface area contributed by atoms with Crippen LogP contribution in [0, 0.1) is 34.5 Å². The van der Waals surface area contributed by atoms with Gasteiger partial charge in [-0.1, -0.05) is 38.0 Å². The van der Waals surface area contributed by atoms with Gasteiger partial charge in [0.1, 0.15) is 0 Å². The molecule has 5 fully saturated rings. The third-order valence-electron chi connectivity index (χ3n) is 10.8. The Balaban J connectivity index is 1.31. The van der Waals surface area contributed by atoms with Gasteiger partial charge in [-0.3, -0.25) is 9.80 Å². The standard InChI is InChI=1S/C24H40N4O2/c1-21(2)15-11-19(25-29)23(5,13-17(15)21)27-7-9-28(10-8-27)24(6)14-18-16(22(18,3)4)12-20(24)26-30/h15-18,29-30H,7-14H2,1-6H3/b25-19+,26-20+/t15-,16-,17+,18+,23+,24+/m1/s1. The highest BCUT2D eigenvalue weighted by atomic mass is 16.4. The normalized spacial score (nSPS) is 50.2. The summed E-state index contributed by atoms with van der Waals surface area (Å²) in [5, 5.41) is 27.2. The Labute approximate surface area is 181 Å². The molecule has 6 nitrogen and oxygen atoms in total. The highest BCUT2D eigenvalue weighted by Crippen LogP contribution is 2.67. The van der Waals surface area contributed by atoms with E-state index in [4.69, 9.17) is 0 Å². The minimum Gasteiger partial charge on any atom is -0.411 e. The zero-order chi connectivity index (χ0) is 21.7. The van der Waals surface area contributed by atoms with Gasteiger partial charge in [0, 0.05) is 26.2 Å². The highest BCUT2D eigenvalue weighted by Gasteiger charge is 2.66. The van der Waals surface area contributed by atoms with Crippen molar-refractivity contribution in [2.45, 2.75) is 78.3 Å². The van der Waals surface area contributed by atoms with Crippen molar-refractivity contribution in [1.82, 2.24) is 9.80 Å². The van der Waals surface area contributed by atoms with Gasteiger partial charge >= 0.3 is 0 Å². The van der Waals surface area contributed by atoms with Crippen LogP contribution in [-0.4, -0.2) is 68.9 Å². The molecule has 0 aromatic carbocycles. The van der Waals surface area contributed by atoms with E-state index >= 15 is 0 Å². The maximum absolute atomic E-state index is 9.82. The predicted octanol–water partition coefficient (Wildman–Crippen LogP) is 3.91. The number of oxime groups is 2. The van der Waals surface area contributed by atoms with E-state index in [0.717, 1.165) is 75.1 Å². The Morgan fingerprint density at radius 3 is 1.27 bits per heavy atom. The molecule has 1 aliphatic heterocycles. The lowest BCUT2D eigenvalue weighted by Gasteiger charge is -2.52. The molecule has 5 rings (SSSR count). The van der Waals surface area contributed by atoms with Crippen molar-refractivity contribution in [3.63, 3.8) is 0 Å². The van der Waals surface area contributed by atoms with Crippen LogP contribution in [0.1, 0.15) is 67.2 Å². The smallest absolute Gasteiger partial charge is 0.0773 e. The van der Waals surface area contributed by atoms with Gasteiger partial charge in [0.2, 0.25) is 0 Å². The van der Waals surface area contributed by atoms with Gasteiger partial charge in [0.25, 0.3) is 0 Å². The third-order valence-corrected chi connectivity index (χ3v) is 10.8. The molecular weight excluding hydrogens is 376 g/mol. The molecule has 0 amide bonds. The van der Waals surface area contributed by atoms with Crippen LogP contribution in [-0.2, 0) is 0 Å². The molecule has 0 aromatic heterocycles. The molecule has 0 bridgehead atoms. The fourth-order valence-electron chi connectivity index (χ4n) is 7.90. The van der Waals surface area contributed by atoms with Crippen LogP contribution in [0.2, 0.25) is 0 Å². The second-order valence-electron chi connectivity index (χ2n) is 12.5. The minimum atomic E-state index is -0.138. The second-order valence-corrected chi connectivity index (χ2v) is 12.5. The van der Waals surface area contributed by atoms with E-state index in [-0.39, 0.29) is 11.1 Å². The maximum Gasteiger partial charge on any atom is 0.0773 e. The molecule has 2 N–H and O–H groups in total. The summed E-state index contributed by atoms with van der Waals surface area (Å²) >= 11 is 0. The van der Waals surface area contributed by atoms with Crippen LogP contribution in [0.3, 0.4) is 0 Å². The molecule has 0 unspecified atom stereocenters. The van der Waals surface area contributed by atoms with Gasteiger partial charge in [-0.05, 0) is 74.0 Å². The van der Waals surface area contributed by atoms with E-state index in [1.807, 2.05) is 0 Å². The SMILES string of the molecule is CC1(C)[C@@H]2C/C(=N\O)[C@@](C)(N3CCN([C@@]4(C)C[C@H]5[C@@H](C/C4=N\O)C5(C)C)CC3)C[C@@H]21. The quantitative estimate of drug-likeness (QED) is 0.529. The summed E-state index contributed by atoms with van der Waals surface area (Å²) in [5.41, 5.74) is 2.44. The van der Waals surface area contributed by atoms with E-state index in [0.29, 0.717) is 22.7 Å². The van der Waals surface area contributed by atoms with E-state index in [1.165, 1.54) is 0 Å². The Morgan fingerprint density at radius 1 is 0.633 bits per heavy atom. The van der Waals surface area contributed by atoms with Crippen LogP contribution in [0.25, 0.3) is 0 Å². The Hall–Kier alpha value is -1.14. The largest absolute Gasteiger partial charge is 0.411 e. The molecule has 4 aliphatic carbocycles. The molecule has 168 valence electrons. The molecule has 6 atom stereocenters. The fraction of sp³-hybridized carbons (Fsp3) is 0.917. The monoisotopic (exact) mass is 416 g/mol. The summed E-state index contributed by atoms with van der Waals surface area (Å²) in [6.45, 7) is 17.9. The van der Waals surface area contributed by atoms with Crippen molar-refractivity contribution in [1.29, 1.82) is 0 Å². The number of nitrogens with zero attached hydrogens (tertiary/aromatic N) is 4. The van der Waals surface area contributed by atoms with E-state index < -0.39 is 0 Å². The number of rotatable bonds is 2. The summed E-state index contributed by atoms with van der Waals surface area (Å²) in [6, 6.07) is 0. The van der Waals surface area contributed by atoms with Crippen LogP contribution >= 0.6 is 0 Å². The second kappa shape index (κ2) is 6.22. The molecule has 1 saturated heterocycles. The van der Waals surface area contributed by atoms with Gasteiger partial charge in [-0.25, -0.2) is 0 Å². The lowest BCUT2D eigenvalue weighted by molar-refractivity contribution is 0.0231. The van der Waals surface area contributed by atoms with E-state index in [9.17, 15) is 10.4 Å². The van der Waals surface area contributed by atoms with Crippen LogP contribution in [0.4, 0.5) is 0 Å². The van der Waals surface area contributed by atoms with Crippen molar-refractivity contribution in [3.8, 4) is 0 Å². The molecule has 30 heavy (non-hydrogen) atoms. The molecule has 5 aliphatic rings.